The third kappa shape index (κ3) is 2.68. The highest BCUT2D eigenvalue weighted by atomic mass is 127. The predicted molar refractivity (Wildman–Crippen MR) is 62.8 cm³/mol. The molecular weight excluding hydrogens is 307 g/mol. The average molecular weight is 316 g/mol. The molecule has 0 amide bonds. The number of aromatic nitrogens is 2. The number of rotatable bonds is 3. The van der Waals surface area contributed by atoms with E-state index in [1.807, 2.05) is 46.9 Å². The number of benzene rings is 1. The van der Waals surface area contributed by atoms with Crippen molar-refractivity contribution < 1.29 is 9.26 Å². The molecule has 2 aromatic rings. The van der Waals surface area contributed by atoms with Crippen molar-refractivity contribution in [3.8, 4) is 5.75 Å². The van der Waals surface area contributed by atoms with Crippen molar-refractivity contribution in [3.63, 3.8) is 0 Å². The molecule has 2 rings (SSSR count). The van der Waals surface area contributed by atoms with E-state index in [0.717, 1.165) is 11.3 Å². The molecule has 0 saturated heterocycles. The van der Waals surface area contributed by atoms with Crippen molar-refractivity contribution >= 4 is 22.6 Å². The molecule has 0 N–H and O–H groups in total. The molecule has 4 nitrogen and oxygen atoms in total. The monoisotopic (exact) mass is 316 g/mol. The van der Waals surface area contributed by atoms with Gasteiger partial charge in [-0.05, 0) is 17.7 Å². The molecule has 1 heterocycles. The first-order valence-electron chi connectivity index (χ1n) is 4.39. The number of methoxy groups -OCH3 is 1. The summed E-state index contributed by atoms with van der Waals surface area (Å²) in [6, 6.07) is 7.80. The number of ether oxygens (including phenoxy) is 1. The Hall–Kier alpha value is -1.11. The van der Waals surface area contributed by atoms with Crippen LogP contribution in [-0.4, -0.2) is 17.3 Å². The van der Waals surface area contributed by atoms with Crippen LogP contribution in [0.2, 0.25) is 0 Å². The summed E-state index contributed by atoms with van der Waals surface area (Å²) in [5.41, 5.74) is 1.09. The lowest BCUT2D eigenvalue weighted by molar-refractivity contribution is 0.381. The first-order valence-corrected chi connectivity index (χ1v) is 5.47. The third-order valence-corrected chi connectivity index (χ3v) is 2.37. The smallest absolute Gasteiger partial charge is 0.232 e. The lowest BCUT2D eigenvalue weighted by Crippen LogP contribution is -1.90. The largest absolute Gasteiger partial charge is 0.497 e. The van der Waals surface area contributed by atoms with Gasteiger partial charge in [-0.2, -0.15) is 4.98 Å². The van der Waals surface area contributed by atoms with E-state index in [0.29, 0.717) is 16.1 Å². The second kappa shape index (κ2) is 4.61. The summed E-state index contributed by atoms with van der Waals surface area (Å²) in [6.07, 6.45) is 0.632. The quantitative estimate of drug-likeness (QED) is 0.815. The molecule has 0 aliphatic rings. The summed E-state index contributed by atoms with van der Waals surface area (Å²) >= 11 is 2.02. The zero-order chi connectivity index (χ0) is 10.7. The molecule has 5 heteroatoms. The zero-order valence-electron chi connectivity index (χ0n) is 8.11. The fourth-order valence-corrected chi connectivity index (χ4v) is 1.63. The maximum atomic E-state index is 5.13. The maximum absolute atomic E-state index is 5.13. The number of hydrogen-bond donors (Lipinski definition) is 0. The molecule has 0 saturated carbocycles. The Kier molecular flexibility index (Phi) is 3.20. The van der Waals surface area contributed by atoms with Crippen LogP contribution in [-0.2, 0) is 6.42 Å². The van der Waals surface area contributed by atoms with Crippen LogP contribution in [0, 0.1) is 3.83 Å². The van der Waals surface area contributed by atoms with E-state index < -0.39 is 0 Å². The molecule has 0 spiro atoms. The van der Waals surface area contributed by atoms with Gasteiger partial charge in [0.15, 0.2) is 0 Å². The summed E-state index contributed by atoms with van der Waals surface area (Å²) in [7, 11) is 1.65. The van der Waals surface area contributed by atoms with E-state index in [1.54, 1.807) is 7.11 Å². The minimum Gasteiger partial charge on any atom is -0.497 e. The molecule has 0 radical (unpaired) electrons. The van der Waals surface area contributed by atoms with Gasteiger partial charge in [0.25, 0.3) is 0 Å². The van der Waals surface area contributed by atoms with Gasteiger partial charge >= 0.3 is 0 Å². The molecule has 0 unspecified atom stereocenters. The molecule has 0 atom stereocenters. The molecule has 1 aromatic heterocycles. The second-order valence-corrected chi connectivity index (χ2v) is 3.95. The van der Waals surface area contributed by atoms with Gasteiger partial charge in [-0.15, -0.1) is 0 Å². The molecule has 78 valence electrons. The number of halogens is 1. The Labute approximate surface area is 101 Å². The van der Waals surface area contributed by atoms with Crippen molar-refractivity contribution in [1.29, 1.82) is 0 Å². The minimum absolute atomic E-state index is 0.618. The molecule has 1 aromatic carbocycles. The van der Waals surface area contributed by atoms with Crippen molar-refractivity contribution in [1.82, 2.24) is 10.1 Å². The maximum Gasteiger partial charge on any atom is 0.232 e. The SMILES string of the molecule is COc1cccc(Cc2nc(I)no2)c1. The third-order valence-electron chi connectivity index (χ3n) is 1.93. The molecule has 0 bridgehead atoms. The van der Waals surface area contributed by atoms with Crippen molar-refractivity contribution in [2.45, 2.75) is 6.42 Å². The van der Waals surface area contributed by atoms with Gasteiger partial charge in [0.05, 0.1) is 13.5 Å². The van der Waals surface area contributed by atoms with Gasteiger partial charge in [-0.25, -0.2) is 0 Å². The van der Waals surface area contributed by atoms with Gasteiger partial charge < -0.3 is 9.26 Å². The first-order chi connectivity index (χ1) is 7.28. The van der Waals surface area contributed by atoms with Crippen LogP contribution >= 0.6 is 22.6 Å². The van der Waals surface area contributed by atoms with Gasteiger partial charge in [0, 0.05) is 22.6 Å². The van der Waals surface area contributed by atoms with Crippen LogP contribution < -0.4 is 4.74 Å². The summed E-state index contributed by atoms with van der Waals surface area (Å²) in [4.78, 5) is 4.13. The summed E-state index contributed by atoms with van der Waals surface area (Å²) < 4.78 is 10.8. The van der Waals surface area contributed by atoms with Crippen LogP contribution in [0.15, 0.2) is 28.8 Å². The number of nitrogens with zero attached hydrogens (tertiary/aromatic N) is 2. The highest BCUT2D eigenvalue weighted by Gasteiger charge is 2.05. The van der Waals surface area contributed by atoms with Gasteiger partial charge in [-0.3, -0.25) is 0 Å². The zero-order valence-corrected chi connectivity index (χ0v) is 10.3. The van der Waals surface area contributed by atoms with Crippen molar-refractivity contribution in [3.05, 3.63) is 39.6 Å². The summed E-state index contributed by atoms with van der Waals surface area (Å²) in [5, 5.41) is 3.72. The second-order valence-electron chi connectivity index (χ2n) is 2.99. The summed E-state index contributed by atoms with van der Waals surface area (Å²) in [5.74, 6) is 1.45. The van der Waals surface area contributed by atoms with Crippen molar-refractivity contribution in [2.75, 3.05) is 7.11 Å². The molecule has 0 aliphatic carbocycles. The van der Waals surface area contributed by atoms with E-state index in [4.69, 9.17) is 9.26 Å². The van der Waals surface area contributed by atoms with E-state index in [2.05, 4.69) is 10.1 Å². The minimum atomic E-state index is 0.618. The molecular formula is C10H9IN2O2. The lowest BCUT2D eigenvalue weighted by atomic mass is 10.1. The molecule has 0 aliphatic heterocycles. The Balaban J connectivity index is 2.16. The lowest BCUT2D eigenvalue weighted by Gasteiger charge is -2.01. The fraction of sp³-hybridized carbons (Fsp3) is 0.200. The Morgan fingerprint density at radius 3 is 3.00 bits per heavy atom. The van der Waals surface area contributed by atoms with Crippen LogP contribution in [0.25, 0.3) is 0 Å². The average Bonchev–Trinajstić information content (AvgIpc) is 2.64. The Bertz CT molecular complexity index is 456. The van der Waals surface area contributed by atoms with E-state index >= 15 is 0 Å². The molecule has 0 fully saturated rings. The highest BCUT2D eigenvalue weighted by Crippen LogP contribution is 2.15. The highest BCUT2D eigenvalue weighted by molar-refractivity contribution is 14.1. The normalized spacial score (nSPS) is 10.3. The van der Waals surface area contributed by atoms with Crippen LogP contribution in [0.4, 0.5) is 0 Å². The predicted octanol–water partition coefficient (Wildman–Crippen LogP) is 2.27. The van der Waals surface area contributed by atoms with Gasteiger partial charge in [0.2, 0.25) is 9.72 Å². The Morgan fingerprint density at radius 1 is 1.47 bits per heavy atom. The van der Waals surface area contributed by atoms with Crippen LogP contribution in [0.5, 0.6) is 5.75 Å². The van der Waals surface area contributed by atoms with Crippen LogP contribution in [0.1, 0.15) is 11.5 Å². The first kappa shape index (κ1) is 10.4. The summed E-state index contributed by atoms with van der Waals surface area (Å²) in [6.45, 7) is 0. The Morgan fingerprint density at radius 2 is 2.33 bits per heavy atom. The van der Waals surface area contributed by atoms with E-state index in [-0.39, 0.29) is 0 Å². The van der Waals surface area contributed by atoms with Crippen molar-refractivity contribution in [2.24, 2.45) is 0 Å². The van der Waals surface area contributed by atoms with Gasteiger partial charge in [0.1, 0.15) is 5.75 Å². The van der Waals surface area contributed by atoms with E-state index in [1.165, 1.54) is 0 Å². The standard InChI is InChI=1S/C10H9IN2O2/c1-14-8-4-2-3-7(5-8)6-9-12-10(11)13-15-9/h2-5H,6H2,1H3. The number of hydrogen-bond acceptors (Lipinski definition) is 4. The van der Waals surface area contributed by atoms with Crippen LogP contribution in [0.3, 0.4) is 0 Å². The van der Waals surface area contributed by atoms with E-state index in [9.17, 15) is 0 Å². The fourth-order valence-electron chi connectivity index (χ4n) is 1.26. The van der Waals surface area contributed by atoms with Gasteiger partial charge in [-0.1, -0.05) is 17.3 Å². The topological polar surface area (TPSA) is 48.2 Å². The molecule has 15 heavy (non-hydrogen) atoms.